The zero-order valence-electron chi connectivity index (χ0n) is 6.80. The lowest BCUT2D eigenvalue weighted by molar-refractivity contribution is -0.184. The van der Waals surface area contributed by atoms with Crippen LogP contribution < -0.4 is 5.48 Å². The third-order valence-corrected chi connectivity index (χ3v) is 1.87. The first-order chi connectivity index (χ1) is 6.49. The van der Waals surface area contributed by atoms with Crippen LogP contribution in [-0.4, -0.2) is 18.7 Å². The molecule has 0 radical (unpaired) electrons. The van der Waals surface area contributed by atoms with Crippen LogP contribution in [0, 0.1) is 0 Å². The molecule has 0 aliphatic heterocycles. The van der Waals surface area contributed by atoms with E-state index in [1.165, 1.54) is 22.8 Å². The summed E-state index contributed by atoms with van der Waals surface area (Å²) in [6.45, 7) is -1.50. The molecule has 0 spiro atoms. The first-order valence-electron chi connectivity index (χ1n) is 3.50. The molecule has 0 aliphatic rings. The van der Waals surface area contributed by atoms with Crippen LogP contribution in [0.25, 0.3) is 0 Å². The van der Waals surface area contributed by atoms with E-state index in [0.717, 1.165) is 0 Å². The Labute approximate surface area is 81.4 Å². The first-order valence-corrected chi connectivity index (χ1v) is 4.44. The Kier molecular flexibility index (Phi) is 3.48. The van der Waals surface area contributed by atoms with Gasteiger partial charge in [-0.3, -0.25) is 9.63 Å². The van der Waals surface area contributed by atoms with E-state index in [0.29, 0.717) is 0 Å². The van der Waals surface area contributed by atoms with E-state index in [2.05, 4.69) is 4.84 Å². The van der Waals surface area contributed by atoms with Crippen LogP contribution >= 0.6 is 11.3 Å². The highest BCUT2D eigenvalue weighted by Crippen LogP contribution is 2.13. The van der Waals surface area contributed by atoms with Crippen molar-refractivity contribution in [2.45, 2.75) is 6.18 Å². The summed E-state index contributed by atoms with van der Waals surface area (Å²) in [6, 6.07) is 1.48. The van der Waals surface area contributed by atoms with Gasteiger partial charge in [0.2, 0.25) is 0 Å². The Balaban J connectivity index is 2.30. The zero-order chi connectivity index (χ0) is 10.6. The van der Waals surface area contributed by atoms with Gasteiger partial charge in [0.15, 0.2) is 6.61 Å². The van der Waals surface area contributed by atoms with E-state index >= 15 is 0 Å². The second kappa shape index (κ2) is 4.43. The smallest absolute Gasteiger partial charge is 0.267 e. The third-order valence-electron chi connectivity index (χ3n) is 1.18. The summed E-state index contributed by atoms with van der Waals surface area (Å²) < 4.78 is 34.7. The topological polar surface area (TPSA) is 38.3 Å². The number of carbonyl (C=O) groups is 1. The highest BCUT2D eigenvalue weighted by atomic mass is 32.1. The molecule has 0 aromatic carbocycles. The van der Waals surface area contributed by atoms with Crippen molar-refractivity contribution in [3.63, 3.8) is 0 Å². The van der Waals surface area contributed by atoms with Gasteiger partial charge in [0.1, 0.15) is 0 Å². The van der Waals surface area contributed by atoms with Gasteiger partial charge in [0.25, 0.3) is 5.91 Å². The van der Waals surface area contributed by atoms with Gasteiger partial charge in [-0.15, -0.1) is 0 Å². The zero-order valence-corrected chi connectivity index (χ0v) is 7.61. The number of carbonyl (C=O) groups excluding carboxylic acids is 1. The summed E-state index contributed by atoms with van der Waals surface area (Å²) in [4.78, 5) is 15.0. The molecule has 0 fully saturated rings. The SMILES string of the molecule is O=C(NOCC(F)(F)F)c1ccsc1. The normalized spacial score (nSPS) is 11.4. The van der Waals surface area contributed by atoms with Crippen molar-refractivity contribution in [2.75, 3.05) is 6.61 Å². The Morgan fingerprint density at radius 3 is 2.79 bits per heavy atom. The molecule has 0 saturated heterocycles. The van der Waals surface area contributed by atoms with Gasteiger partial charge >= 0.3 is 6.18 Å². The second-order valence-electron chi connectivity index (χ2n) is 2.35. The number of hydrogen-bond donors (Lipinski definition) is 1. The van der Waals surface area contributed by atoms with E-state index in [1.54, 1.807) is 10.9 Å². The molecule has 1 rings (SSSR count). The van der Waals surface area contributed by atoms with Crippen LogP contribution in [0.4, 0.5) is 13.2 Å². The molecule has 1 N–H and O–H groups in total. The van der Waals surface area contributed by atoms with Crippen LogP contribution in [0.3, 0.4) is 0 Å². The summed E-state index contributed by atoms with van der Waals surface area (Å²) in [6.07, 6.45) is -4.44. The molecule has 3 nitrogen and oxygen atoms in total. The number of halogens is 3. The quantitative estimate of drug-likeness (QED) is 0.799. The van der Waals surface area contributed by atoms with Crippen molar-refractivity contribution in [1.29, 1.82) is 0 Å². The number of thiophene rings is 1. The van der Waals surface area contributed by atoms with Crippen LogP contribution in [0.1, 0.15) is 10.4 Å². The number of rotatable bonds is 3. The molecule has 1 heterocycles. The number of amides is 1. The summed E-state index contributed by atoms with van der Waals surface area (Å²) in [5.74, 6) is -0.685. The second-order valence-corrected chi connectivity index (χ2v) is 3.13. The van der Waals surface area contributed by atoms with Crippen molar-refractivity contribution in [2.24, 2.45) is 0 Å². The Hall–Kier alpha value is -1.08. The number of hydroxylamine groups is 1. The molecule has 0 aliphatic carbocycles. The Bertz CT molecular complexity index is 296. The van der Waals surface area contributed by atoms with E-state index in [1.807, 2.05) is 0 Å². The van der Waals surface area contributed by atoms with Gasteiger partial charge < -0.3 is 0 Å². The molecule has 7 heteroatoms. The minimum absolute atomic E-state index is 0.275. The molecule has 0 atom stereocenters. The molecular formula is C7H6F3NO2S. The van der Waals surface area contributed by atoms with Crippen molar-refractivity contribution in [3.8, 4) is 0 Å². The standard InChI is InChI=1S/C7H6F3NO2S/c8-7(9,10)4-13-11-6(12)5-1-2-14-3-5/h1-3H,4H2,(H,11,12). The number of nitrogens with one attached hydrogen (secondary N) is 1. The van der Waals surface area contributed by atoms with Gasteiger partial charge in [-0.25, -0.2) is 5.48 Å². The first kappa shape index (κ1) is 11.0. The molecule has 14 heavy (non-hydrogen) atoms. The van der Waals surface area contributed by atoms with Gasteiger partial charge in [-0.1, -0.05) is 0 Å². The summed E-state index contributed by atoms with van der Waals surface area (Å²) in [5, 5.41) is 3.14. The highest BCUT2D eigenvalue weighted by Gasteiger charge is 2.28. The largest absolute Gasteiger partial charge is 0.414 e. The van der Waals surface area contributed by atoms with E-state index < -0.39 is 18.7 Å². The average molecular weight is 225 g/mol. The minimum atomic E-state index is -4.44. The summed E-state index contributed by atoms with van der Waals surface area (Å²) in [5.41, 5.74) is 1.96. The fourth-order valence-electron chi connectivity index (χ4n) is 0.636. The van der Waals surface area contributed by atoms with Crippen molar-refractivity contribution < 1.29 is 22.8 Å². The maximum Gasteiger partial charge on any atom is 0.414 e. The Morgan fingerprint density at radius 1 is 1.57 bits per heavy atom. The van der Waals surface area contributed by atoms with Crippen LogP contribution in [0.5, 0.6) is 0 Å². The highest BCUT2D eigenvalue weighted by molar-refractivity contribution is 7.08. The molecule has 0 unspecified atom stereocenters. The number of alkyl halides is 3. The van der Waals surface area contributed by atoms with Gasteiger partial charge in [0.05, 0.1) is 5.56 Å². The van der Waals surface area contributed by atoms with E-state index in [9.17, 15) is 18.0 Å². The summed E-state index contributed by atoms with van der Waals surface area (Å²) in [7, 11) is 0. The fraction of sp³-hybridized carbons (Fsp3) is 0.286. The summed E-state index contributed by atoms with van der Waals surface area (Å²) >= 11 is 1.27. The van der Waals surface area contributed by atoms with Crippen LogP contribution in [0.15, 0.2) is 16.8 Å². The minimum Gasteiger partial charge on any atom is -0.267 e. The van der Waals surface area contributed by atoms with Crippen molar-refractivity contribution in [3.05, 3.63) is 22.4 Å². The van der Waals surface area contributed by atoms with E-state index in [-0.39, 0.29) is 5.56 Å². The monoisotopic (exact) mass is 225 g/mol. The maximum atomic E-state index is 11.6. The Morgan fingerprint density at radius 2 is 2.29 bits per heavy atom. The van der Waals surface area contributed by atoms with Crippen molar-refractivity contribution >= 4 is 17.2 Å². The molecule has 78 valence electrons. The van der Waals surface area contributed by atoms with Crippen molar-refractivity contribution in [1.82, 2.24) is 5.48 Å². The maximum absolute atomic E-state index is 11.6. The fourth-order valence-corrected chi connectivity index (χ4v) is 1.27. The lowest BCUT2D eigenvalue weighted by Crippen LogP contribution is -2.29. The molecule has 0 bridgehead atoms. The van der Waals surface area contributed by atoms with Gasteiger partial charge in [-0.2, -0.15) is 24.5 Å². The molecule has 1 aromatic heterocycles. The van der Waals surface area contributed by atoms with Crippen LogP contribution in [-0.2, 0) is 4.84 Å². The molecule has 1 amide bonds. The molecule has 1 aromatic rings. The van der Waals surface area contributed by atoms with E-state index in [4.69, 9.17) is 0 Å². The lowest BCUT2D eigenvalue weighted by atomic mass is 10.3. The third kappa shape index (κ3) is 3.75. The van der Waals surface area contributed by atoms with Gasteiger partial charge in [-0.05, 0) is 11.4 Å². The molecule has 0 saturated carbocycles. The average Bonchev–Trinajstić information content (AvgIpc) is 2.53. The van der Waals surface area contributed by atoms with Crippen LogP contribution in [0.2, 0.25) is 0 Å². The number of hydrogen-bond acceptors (Lipinski definition) is 3. The predicted octanol–water partition coefficient (Wildman–Crippen LogP) is 1.97. The lowest BCUT2D eigenvalue weighted by Gasteiger charge is -2.07. The van der Waals surface area contributed by atoms with Gasteiger partial charge in [0, 0.05) is 5.38 Å². The predicted molar refractivity (Wildman–Crippen MR) is 43.8 cm³/mol. The molecular weight excluding hydrogens is 219 g/mol.